The Labute approximate surface area is 313 Å². The molecular formula is C48H34N4O2+2. The van der Waals surface area contributed by atoms with Crippen molar-refractivity contribution in [1.82, 2.24) is 4.90 Å². The van der Waals surface area contributed by atoms with Crippen LogP contribution in [0.15, 0.2) is 193 Å². The van der Waals surface area contributed by atoms with Crippen LogP contribution in [0.3, 0.4) is 0 Å². The minimum Gasteiger partial charge on any atom is -0.350 e. The highest BCUT2D eigenvalue weighted by atomic mass is 16.1. The van der Waals surface area contributed by atoms with E-state index in [-0.39, 0.29) is 11.6 Å². The highest BCUT2D eigenvalue weighted by Crippen LogP contribution is 2.41. The number of carbonyl (C=O) groups is 2. The molecule has 0 fully saturated rings. The van der Waals surface area contributed by atoms with Crippen LogP contribution >= 0.6 is 0 Å². The fourth-order valence-corrected chi connectivity index (χ4v) is 7.79. The number of carbonyl (C=O) groups excluding carboxylic acids is 2. The van der Waals surface area contributed by atoms with Crippen LogP contribution in [0.25, 0.3) is 40.1 Å². The number of Topliss-reactive ketones (excluding diaryl/α,β-unsaturated/α-hetero) is 2. The van der Waals surface area contributed by atoms with E-state index in [0.717, 1.165) is 55.9 Å². The normalized spacial score (nSPS) is 18.2. The summed E-state index contributed by atoms with van der Waals surface area (Å²) in [6, 6.07) is 32.7. The zero-order chi connectivity index (χ0) is 36.2. The van der Waals surface area contributed by atoms with Gasteiger partial charge in [-0.15, -0.1) is 0 Å². The summed E-state index contributed by atoms with van der Waals surface area (Å²) >= 11 is 0. The van der Waals surface area contributed by atoms with Gasteiger partial charge < -0.3 is 9.80 Å². The van der Waals surface area contributed by atoms with Gasteiger partial charge in [-0.3, -0.25) is 9.59 Å². The van der Waals surface area contributed by atoms with Crippen LogP contribution in [0.2, 0.25) is 0 Å². The lowest BCUT2D eigenvalue weighted by Crippen LogP contribution is -2.36. The average molecular weight is 699 g/mol. The van der Waals surface area contributed by atoms with Gasteiger partial charge in [0, 0.05) is 83.6 Å². The lowest BCUT2D eigenvalue weighted by Gasteiger charge is -2.27. The SMILES string of the molecule is O=C1C2=Cc3ccccc3/C1=C1\C(=O)C(=Cc3ccccc31)C[n+]1ccc(cc1)-c1cc[n+](cc1)-c1ccc(cc1)N1C=CC(=C3C=CN(C=C3)C2)C=C1. The van der Waals surface area contributed by atoms with E-state index in [1.807, 2.05) is 94.9 Å². The summed E-state index contributed by atoms with van der Waals surface area (Å²) in [6.45, 7) is 0.743. The van der Waals surface area contributed by atoms with E-state index in [1.165, 1.54) is 0 Å². The second kappa shape index (κ2) is 12.8. The van der Waals surface area contributed by atoms with Gasteiger partial charge in [0.2, 0.25) is 5.69 Å². The summed E-state index contributed by atoms with van der Waals surface area (Å²) < 4.78 is 4.14. The number of rotatable bonds is 0. The highest BCUT2D eigenvalue weighted by molar-refractivity contribution is 6.49. The van der Waals surface area contributed by atoms with Crippen LogP contribution in [0.1, 0.15) is 22.3 Å². The molecule has 0 saturated carbocycles. The number of ketones is 2. The summed E-state index contributed by atoms with van der Waals surface area (Å²) in [4.78, 5) is 33.5. The fraction of sp³-hybridized carbons (Fsp3) is 0.0417. The smallest absolute Gasteiger partial charge is 0.210 e. The Kier molecular flexibility index (Phi) is 7.47. The fourth-order valence-electron chi connectivity index (χ4n) is 7.79. The average Bonchev–Trinajstić information content (AvgIpc) is 3.22. The van der Waals surface area contributed by atoms with Crippen molar-refractivity contribution in [2.24, 2.45) is 0 Å². The maximum absolute atomic E-state index is 14.7. The van der Waals surface area contributed by atoms with E-state index in [0.29, 0.717) is 35.4 Å². The van der Waals surface area contributed by atoms with E-state index in [1.54, 1.807) is 0 Å². The molecule has 0 radical (unpaired) electrons. The quantitative estimate of drug-likeness (QED) is 0.154. The molecule has 14 bridgehead atoms. The Balaban J connectivity index is 1.09. The van der Waals surface area contributed by atoms with E-state index in [2.05, 4.69) is 107 Å². The molecule has 11 aliphatic heterocycles. The van der Waals surface area contributed by atoms with Gasteiger partial charge in [-0.05, 0) is 93.1 Å². The van der Waals surface area contributed by atoms with E-state index < -0.39 is 0 Å². The zero-order valence-corrected chi connectivity index (χ0v) is 29.3. The first-order valence-corrected chi connectivity index (χ1v) is 18.1. The number of hydrogen-bond acceptors (Lipinski definition) is 4. The molecule has 0 unspecified atom stereocenters. The summed E-state index contributed by atoms with van der Waals surface area (Å²) in [7, 11) is 0. The molecule has 54 heavy (non-hydrogen) atoms. The first-order chi connectivity index (χ1) is 26.6. The first-order valence-electron chi connectivity index (χ1n) is 18.1. The monoisotopic (exact) mass is 698 g/mol. The molecule has 13 heterocycles. The molecule has 5 aromatic rings. The zero-order valence-electron chi connectivity index (χ0n) is 29.3. The van der Waals surface area contributed by atoms with Crippen LogP contribution in [0, 0.1) is 0 Å². The standard InChI is InChI=1S/C48H34N4O2/c53-47-39-29-37-5-1-3-7-43(37)45(47)46-44-8-4-2-6-38(44)30-40(48(46)54)32-50-23-15-34(16-24-50)36-19-27-52(28-20-36)42-11-9-41(10-12-42)51-25-17-35(18-26-51)33-13-21-49(31-39)22-14-33/h1-30H,31-32H2/q+2/b46-45+. The van der Waals surface area contributed by atoms with Crippen LogP contribution in [-0.4, -0.2) is 23.0 Å². The van der Waals surface area contributed by atoms with Gasteiger partial charge in [-0.2, -0.15) is 4.57 Å². The van der Waals surface area contributed by atoms with Crippen LogP contribution < -0.4 is 14.0 Å². The number of pyridine rings is 2. The maximum Gasteiger partial charge on any atom is 0.210 e. The third-order valence-corrected chi connectivity index (χ3v) is 10.7. The predicted molar refractivity (Wildman–Crippen MR) is 212 cm³/mol. The summed E-state index contributed by atoms with van der Waals surface area (Å²) in [5, 5.41) is 0. The summed E-state index contributed by atoms with van der Waals surface area (Å²) in [6.07, 6.45) is 28.7. The van der Waals surface area contributed by atoms with Crippen molar-refractivity contribution in [3.8, 4) is 16.8 Å². The minimum atomic E-state index is -0.125. The molecule has 3 aromatic carbocycles. The Morgan fingerprint density at radius 1 is 0.519 bits per heavy atom. The van der Waals surface area contributed by atoms with Crippen LogP contribution in [0.4, 0.5) is 5.69 Å². The van der Waals surface area contributed by atoms with Gasteiger partial charge in [-0.1, -0.05) is 48.5 Å². The van der Waals surface area contributed by atoms with Crippen molar-refractivity contribution in [3.63, 3.8) is 0 Å². The van der Waals surface area contributed by atoms with Gasteiger partial charge in [-0.25, -0.2) is 4.57 Å². The van der Waals surface area contributed by atoms with E-state index in [4.69, 9.17) is 0 Å². The third-order valence-electron chi connectivity index (χ3n) is 10.7. The van der Waals surface area contributed by atoms with Crippen molar-refractivity contribution < 1.29 is 18.7 Å². The number of aromatic nitrogens is 2. The lowest BCUT2D eigenvalue weighted by atomic mass is 9.77. The van der Waals surface area contributed by atoms with Crippen molar-refractivity contribution in [2.45, 2.75) is 6.54 Å². The van der Waals surface area contributed by atoms with Crippen molar-refractivity contribution in [2.75, 3.05) is 11.4 Å². The van der Waals surface area contributed by atoms with Crippen molar-refractivity contribution in [3.05, 3.63) is 215 Å². The Bertz CT molecular complexity index is 2630. The molecule has 256 valence electrons. The van der Waals surface area contributed by atoms with Crippen LogP contribution in [-0.2, 0) is 16.1 Å². The molecule has 6 nitrogen and oxygen atoms in total. The number of hydrogen-bond donors (Lipinski definition) is 0. The van der Waals surface area contributed by atoms with Gasteiger partial charge in [0.05, 0.1) is 12.1 Å². The molecular weight excluding hydrogens is 665 g/mol. The predicted octanol–water partition coefficient (Wildman–Crippen LogP) is 7.96. The number of benzene rings is 3. The van der Waals surface area contributed by atoms with Gasteiger partial charge in [0.25, 0.3) is 0 Å². The Hall–Kier alpha value is -7.18. The van der Waals surface area contributed by atoms with Crippen molar-refractivity contribution >= 4 is 40.6 Å². The first kappa shape index (κ1) is 31.5. The molecule has 18 rings (SSSR count). The second-order valence-electron chi connectivity index (χ2n) is 13.9. The summed E-state index contributed by atoms with van der Waals surface area (Å²) in [5.41, 5.74) is 12.1. The lowest BCUT2D eigenvalue weighted by molar-refractivity contribution is -0.688. The Morgan fingerprint density at radius 3 is 1.65 bits per heavy atom. The van der Waals surface area contributed by atoms with Crippen LogP contribution in [0.5, 0.6) is 0 Å². The number of allylic oxidation sites excluding steroid dienone is 9. The molecule has 13 aliphatic rings. The third kappa shape index (κ3) is 5.52. The molecule has 2 aromatic heterocycles. The Morgan fingerprint density at radius 2 is 1.04 bits per heavy atom. The molecule has 0 spiro atoms. The molecule has 2 aliphatic carbocycles. The molecule has 6 heteroatoms. The summed E-state index contributed by atoms with van der Waals surface area (Å²) in [5.74, 6) is -0.251. The van der Waals surface area contributed by atoms with Gasteiger partial charge >= 0.3 is 0 Å². The molecule has 0 atom stereocenters. The molecule has 0 amide bonds. The van der Waals surface area contributed by atoms with Gasteiger partial charge in [0.1, 0.15) is 0 Å². The van der Waals surface area contributed by atoms with Gasteiger partial charge in [0.15, 0.2) is 42.9 Å². The molecule has 0 N–H and O–H groups in total. The highest BCUT2D eigenvalue weighted by Gasteiger charge is 2.35. The minimum absolute atomic E-state index is 0.125. The van der Waals surface area contributed by atoms with E-state index in [9.17, 15) is 9.59 Å². The number of fused-ring (bicyclic) bond motifs is 3. The molecule has 0 saturated heterocycles. The largest absolute Gasteiger partial charge is 0.350 e. The number of anilines is 1. The van der Waals surface area contributed by atoms with E-state index >= 15 is 0 Å². The number of nitrogens with zero attached hydrogens (tertiary/aromatic N) is 4. The second-order valence-corrected chi connectivity index (χ2v) is 13.9. The topological polar surface area (TPSA) is 48.4 Å². The van der Waals surface area contributed by atoms with Crippen molar-refractivity contribution in [1.29, 1.82) is 0 Å². The maximum atomic E-state index is 14.7.